The molecule has 2 heterocycles. The Kier molecular flexibility index (Phi) is 6.31. The van der Waals surface area contributed by atoms with E-state index in [4.69, 9.17) is 4.74 Å². The van der Waals surface area contributed by atoms with Crippen LogP contribution in [0.3, 0.4) is 0 Å². The van der Waals surface area contributed by atoms with Crippen LogP contribution in [0.25, 0.3) is 5.69 Å². The lowest BCUT2D eigenvalue weighted by molar-refractivity contribution is -0.126. The van der Waals surface area contributed by atoms with Gasteiger partial charge in [0, 0.05) is 32.1 Å². The summed E-state index contributed by atoms with van der Waals surface area (Å²) in [6.45, 7) is 3.26. The second-order valence-electron chi connectivity index (χ2n) is 7.43. The van der Waals surface area contributed by atoms with Gasteiger partial charge in [0.15, 0.2) is 0 Å². The largest absolute Gasteiger partial charge is 0.492 e. The van der Waals surface area contributed by atoms with Gasteiger partial charge in [-0.3, -0.25) is 9.59 Å². The number of ether oxygens (including phenoxy) is 1. The van der Waals surface area contributed by atoms with Gasteiger partial charge in [0.2, 0.25) is 11.8 Å². The zero-order valence-electron chi connectivity index (χ0n) is 17.5. The first kappa shape index (κ1) is 20.7. The van der Waals surface area contributed by atoms with Crippen molar-refractivity contribution in [2.75, 3.05) is 24.6 Å². The Balaban J connectivity index is 1.31. The fourth-order valence-electron chi connectivity index (χ4n) is 3.75. The maximum Gasteiger partial charge on any atom is 0.227 e. The number of anilines is 1. The second-order valence-corrected chi connectivity index (χ2v) is 7.43. The van der Waals surface area contributed by atoms with E-state index in [0.29, 0.717) is 31.9 Å². The van der Waals surface area contributed by atoms with Crippen LogP contribution >= 0.6 is 0 Å². The minimum atomic E-state index is -0.371. The summed E-state index contributed by atoms with van der Waals surface area (Å²) in [5, 5.41) is 7.51. The van der Waals surface area contributed by atoms with Crippen LogP contribution in [0.1, 0.15) is 19.0 Å². The minimum absolute atomic E-state index is 0.0612. The normalized spacial score (nSPS) is 15.8. The summed E-state index contributed by atoms with van der Waals surface area (Å²) >= 11 is 0. The predicted molar refractivity (Wildman–Crippen MR) is 118 cm³/mol. The molecule has 1 N–H and O–H groups in total. The topological polar surface area (TPSA) is 76.5 Å². The molecule has 7 heteroatoms. The number of benzene rings is 2. The summed E-state index contributed by atoms with van der Waals surface area (Å²) in [7, 11) is 0. The molecule has 2 amide bonds. The smallest absolute Gasteiger partial charge is 0.227 e. The third-order valence-corrected chi connectivity index (χ3v) is 5.30. The minimum Gasteiger partial charge on any atom is -0.492 e. The molecular weight excluding hydrogens is 392 g/mol. The molecule has 1 fully saturated rings. The quantitative estimate of drug-likeness (QED) is 0.610. The lowest BCUT2D eigenvalue weighted by Gasteiger charge is -2.20. The number of carbonyl (C=O) groups excluding carboxylic acids is 2. The van der Waals surface area contributed by atoms with Crippen LogP contribution in [0, 0.1) is 5.92 Å². The molecule has 2 aromatic carbocycles. The van der Waals surface area contributed by atoms with Crippen LogP contribution in [0.4, 0.5) is 5.69 Å². The molecule has 1 aliphatic rings. The molecule has 0 spiro atoms. The van der Waals surface area contributed by atoms with E-state index in [-0.39, 0.29) is 24.2 Å². The van der Waals surface area contributed by atoms with E-state index in [2.05, 4.69) is 10.4 Å². The first-order chi connectivity index (χ1) is 15.2. The predicted octanol–water partition coefficient (Wildman–Crippen LogP) is 2.98. The Morgan fingerprint density at radius 1 is 1.13 bits per heavy atom. The van der Waals surface area contributed by atoms with Crippen molar-refractivity contribution in [2.45, 2.75) is 19.8 Å². The maximum absolute atomic E-state index is 12.6. The summed E-state index contributed by atoms with van der Waals surface area (Å²) in [5.41, 5.74) is 2.62. The molecule has 1 aliphatic heterocycles. The average Bonchev–Trinajstić information content (AvgIpc) is 3.42. The Bertz CT molecular complexity index is 1050. The summed E-state index contributed by atoms with van der Waals surface area (Å²) in [6, 6.07) is 19.3. The summed E-state index contributed by atoms with van der Waals surface area (Å²) < 4.78 is 7.46. The number of amides is 2. The molecule has 1 saturated heterocycles. The van der Waals surface area contributed by atoms with Crippen molar-refractivity contribution >= 4 is 17.5 Å². The molecular formula is C24H26N4O3. The third-order valence-electron chi connectivity index (χ3n) is 5.30. The third kappa shape index (κ3) is 4.77. The molecule has 31 heavy (non-hydrogen) atoms. The first-order valence-electron chi connectivity index (χ1n) is 10.6. The van der Waals surface area contributed by atoms with Gasteiger partial charge in [0.05, 0.1) is 29.6 Å². The van der Waals surface area contributed by atoms with E-state index in [1.54, 1.807) is 4.90 Å². The van der Waals surface area contributed by atoms with Crippen molar-refractivity contribution < 1.29 is 14.3 Å². The van der Waals surface area contributed by atoms with Crippen LogP contribution < -0.4 is 15.0 Å². The number of nitrogens with one attached hydrogen (secondary N) is 1. The van der Waals surface area contributed by atoms with E-state index >= 15 is 0 Å². The molecule has 1 aromatic heterocycles. The molecule has 3 aromatic rings. The second kappa shape index (κ2) is 9.47. The van der Waals surface area contributed by atoms with Crippen molar-refractivity contribution in [1.29, 1.82) is 0 Å². The fraction of sp³-hybridized carbons (Fsp3) is 0.292. The highest BCUT2D eigenvalue weighted by atomic mass is 16.5. The standard InChI is InChI=1S/C24H26N4O3/c1-2-31-22-11-7-6-10-21(22)27-17-18(16-23(27)29)24(30)25-14-12-19-13-15-28(26-19)20-8-4-3-5-9-20/h3-11,13,15,18H,2,12,14,16-17H2,1H3,(H,25,30). The molecule has 0 saturated carbocycles. The van der Waals surface area contributed by atoms with E-state index in [1.165, 1.54) is 0 Å². The van der Waals surface area contributed by atoms with Gasteiger partial charge >= 0.3 is 0 Å². The van der Waals surface area contributed by atoms with E-state index in [0.717, 1.165) is 17.1 Å². The number of carbonyl (C=O) groups is 2. The number of hydrogen-bond donors (Lipinski definition) is 1. The lowest BCUT2D eigenvalue weighted by Crippen LogP contribution is -2.34. The van der Waals surface area contributed by atoms with Gasteiger partial charge < -0.3 is 15.0 Å². The van der Waals surface area contributed by atoms with E-state index in [1.807, 2.05) is 78.5 Å². The summed E-state index contributed by atoms with van der Waals surface area (Å²) in [5.74, 6) is 0.124. The van der Waals surface area contributed by atoms with Gasteiger partial charge in [-0.25, -0.2) is 4.68 Å². The molecule has 7 nitrogen and oxygen atoms in total. The van der Waals surface area contributed by atoms with Crippen LogP contribution in [0.15, 0.2) is 66.9 Å². The summed E-state index contributed by atoms with van der Waals surface area (Å²) in [6.07, 6.45) is 2.74. The first-order valence-corrected chi connectivity index (χ1v) is 10.6. The molecule has 1 atom stereocenters. The SMILES string of the molecule is CCOc1ccccc1N1CC(C(=O)NCCc2ccn(-c3ccccc3)n2)CC1=O. The Labute approximate surface area is 181 Å². The number of hydrogen-bond acceptors (Lipinski definition) is 4. The van der Waals surface area contributed by atoms with Gasteiger partial charge in [0.1, 0.15) is 5.75 Å². The highest BCUT2D eigenvalue weighted by Gasteiger charge is 2.36. The van der Waals surface area contributed by atoms with Crippen LogP contribution in [-0.2, 0) is 16.0 Å². The van der Waals surface area contributed by atoms with Crippen LogP contribution in [0.2, 0.25) is 0 Å². The fourth-order valence-corrected chi connectivity index (χ4v) is 3.75. The lowest BCUT2D eigenvalue weighted by atomic mass is 10.1. The van der Waals surface area contributed by atoms with Gasteiger partial charge in [-0.15, -0.1) is 0 Å². The van der Waals surface area contributed by atoms with Crippen molar-refractivity contribution in [3.63, 3.8) is 0 Å². The van der Waals surface area contributed by atoms with Crippen LogP contribution in [0.5, 0.6) is 5.75 Å². The number of nitrogens with zero attached hydrogens (tertiary/aromatic N) is 3. The Hall–Kier alpha value is -3.61. The van der Waals surface area contributed by atoms with E-state index < -0.39 is 0 Å². The highest BCUT2D eigenvalue weighted by molar-refractivity contribution is 6.01. The van der Waals surface area contributed by atoms with Crippen molar-refractivity contribution in [2.24, 2.45) is 5.92 Å². The van der Waals surface area contributed by atoms with Gasteiger partial charge in [-0.2, -0.15) is 5.10 Å². The number of para-hydroxylation sites is 3. The van der Waals surface area contributed by atoms with Gasteiger partial charge in [-0.05, 0) is 37.3 Å². The Morgan fingerprint density at radius 2 is 1.90 bits per heavy atom. The number of aromatic nitrogens is 2. The van der Waals surface area contributed by atoms with Gasteiger partial charge in [0.25, 0.3) is 0 Å². The average molecular weight is 418 g/mol. The van der Waals surface area contributed by atoms with Crippen LogP contribution in [-0.4, -0.2) is 41.3 Å². The Morgan fingerprint density at radius 3 is 2.71 bits per heavy atom. The molecule has 4 rings (SSSR count). The zero-order chi connectivity index (χ0) is 21.6. The molecule has 0 bridgehead atoms. The maximum atomic E-state index is 12.6. The molecule has 0 radical (unpaired) electrons. The van der Waals surface area contributed by atoms with Crippen molar-refractivity contribution in [3.05, 3.63) is 72.6 Å². The molecule has 1 unspecified atom stereocenters. The van der Waals surface area contributed by atoms with E-state index in [9.17, 15) is 9.59 Å². The monoisotopic (exact) mass is 418 g/mol. The number of rotatable bonds is 8. The summed E-state index contributed by atoms with van der Waals surface area (Å²) in [4.78, 5) is 26.9. The molecule has 0 aliphatic carbocycles. The van der Waals surface area contributed by atoms with Gasteiger partial charge in [-0.1, -0.05) is 30.3 Å². The zero-order valence-corrected chi connectivity index (χ0v) is 17.5. The van der Waals surface area contributed by atoms with Crippen molar-refractivity contribution in [1.82, 2.24) is 15.1 Å². The highest BCUT2D eigenvalue weighted by Crippen LogP contribution is 2.33. The van der Waals surface area contributed by atoms with Crippen molar-refractivity contribution in [3.8, 4) is 11.4 Å². The molecule has 160 valence electrons.